The van der Waals surface area contributed by atoms with Crippen molar-refractivity contribution >= 4 is 22.5 Å². The van der Waals surface area contributed by atoms with E-state index in [2.05, 4.69) is 42.5 Å². The standard InChI is InChI=1S/C17H20O2S/c1-18-11-12-19-17(10-5-13-20-17)16-9-4-7-14-6-2-3-8-15(14)16/h2-4,6-9H,5,10-13H2,1H3. The van der Waals surface area contributed by atoms with E-state index < -0.39 is 0 Å². The lowest BCUT2D eigenvalue weighted by atomic mass is 9.97. The highest BCUT2D eigenvalue weighted by molar-refractivity contribution is 8.00. The van der Waals surface area contributed by atoms with Crippen LogP contribution in [0.25, 0.3) is 10.8 Å². The lowest BCUT2D eigenvalue weighted by molar-refractivity contribution is -0.00686. The molecule has 0 N–H and O–H groups in total. The van der Waals surface area contributed by atoms with Gasteiger partial charge in [-0.2, -0.15) is 0 Å². The SMILES string of the molecule is COCCOC1(c2cccc3ccccc23)CCCS1. The first kappa shape index (κ1) is 13.9. The highest BCUT2D eigenvalue weighted by atomic mass is 32.2. The fraction of sp³-hybridized carbons (Fsp3) is 0.412. The molecule has 0 amide bonds. The van der Waals surface area contributed by atoms with Crippen molar-refractivity contribution in [2.24, 2.45) is 0 Å². The largest absolute Gasteiger partial charge is 0.382 e. The third-order valence-electron chi connectivity index (χ3n) is 3.81. The van der Waals surface area contributed by atoms with Gasteiger partial charge in [0.25, 0.3) is 0 Å². The van der Waals surface area contributed by atoms with Crippen LogP contribution < -0.4 is 0 Å². The zero-order valence-corrected chi connectivity index (χ0v) is 12.6. The normalized spacial score (nSPS) is 22.4. The second kappa shape index (κ2) is 6.17. The van der Waals surface area contributed by atoms with Gasteiger partial charge in [0.1, 0.15) is 4.93 Å². The summed E-state index contributed by atoms with van der Waals surface area (Å²) in [5, 5.41) is 2.59. The van der Waals surface area contributed by atoms with Gasteiger partial charge < -0.3 is 9.47 Å². The number of rotatable bonds is 5. The molecule has 0 radical (unpaired) electrons. The molecule has 0 bridgehead atoms. The monoisotopic (exact) mass is 288 g/mol. The van der Waals surface area contributed by atoms with Gasteiger partial charge in [-0.15, -0.1) is 11.8 Å². The minimum absolute atomic E-state index is 0.195. The van der Waals surface area contributed by atoms with Crippen molar-refractivity contribution in [2.75, 3.05) is 26.1 Å². The summed E-state index contributed by atoms with van der Waals surface area (Å²) in [5.41, 5.74) is 1.31. The third kappa shape index (κ3) is 2.58. The van der Waals surface area contributed by atoms with Crippen molar-refractivity contribution in [3.05, 3.63) is 48.0 Å². The molecule has 0 aliphatic carbocycles. The molecule has 1 atom stereocenters. The first-order valence-corrected chi connectivity index (χ1v) is 8.09. The van der Waals surface area contributed by atoms with E-state index >= 15 is 0 Å². The van der Waals surface area contributed by atoms with E-state index in [0.29, 0.717) is 13.2 Å². The molecule has 1 aliphatic rings. The van der Waals surface area contributed by atoms with E-state index in [1.54, 1.807) is 7.11 Å². The van der Waals surface area contributed by atoms with Crippen LogP contribution in [0.4, 0.5) is 0 Å². The summed E-state index contributed by atoms with van der Waals surface area (Å²) in [5.74, 6) is 1.16. The van der Waals surface area contributed by atoms with Crippen LogP contribution in [-0.2, 0) is 14.4 Å². The number of ether oxygens (including phenoxy) is 2. The summed E-state index contributed by atoms with van der Waals surface area (Å²) < 4.78 is 11.4. The van der Waals surface area contributed by atoms with E-state index in [-0.39, 0.29) is 4.93 Å². The Labute approximate surface area is 124 Å². The van der Waals surface area contributed by atoms with Crippen molar-refractivity contribution in [3.8, 4) is 0 Å². The molecule has 2 aromatic rings. The van der Waals surface area contributed by atoms with Gasteiger partial charge >= 0.3 is 0 Å². The van der Waals surface area contributed by atoms with Gasteiger partial charge in [-0.05, 0) is 29.4 Å². The smallest absolute Gasteiger partial charge is 0.139 e. The van der Waals surface area contributed by atoms with E-state index in [0.717, 1.165) is 12.2 Å². The quantitative estimate of drug-likeness (QED) is 0.769. The summed E-state index contributed by atoms with van der Waals surface area (Å²) in [6, 6.07) is 15.1. The van der Waals surface area contributed by atoms with Crippen LogP contribution in [0.2, 0.25) is 0 Å². The van der Waals surface area contributed by atoms with Gasteiger partial charge in [0.05, 0.1) is 13.2 Å². The van der Waals surface area contributed by atoms with Gasteiger partial charge in [0.2, 0.25) is 0 Å². The Balaban J connectivity index is 2.01. The molecule has 1 saturated heterocycles. The number of hydrogen-bond acceptors (Lipinski definition) is 3. The highest BCUT2D eigenvalue weighted by Gasteiger charge is 2.38. The van der Waals surface area contributed by atoms with Crippen molar-refractivity contribution < 1.29 is 9.47 Å². The van der Waals surface area contributed by atoms with E-state index in [4.69, 9.17) is 9.47 Å². The molecule has 3 rings (SSSR count). The minimum atomic E-state index is -0.195. The number of thioether (sulfide) groups is 1. The molecule has 1 fully saturated rings. The molecule has 106 valence electrons. The molecule has 1 aliphatic heterocycles. The molecule has 2 aromatic carbocycles. The van der Waals surface area contributed by atoms with Crippen LogP contribution in [0, 0.1) is 0 Å². The number of benzene rings is 2. The van der Waals surface area contributed by atoms with E-state index in [1.807, 2.05) is 11.8 Å². The van der Waals surface area contributed by atoms with Crippen LogP contribution in [0.1, 0.15) is 18.4 Å². The number of methoxy groups -OCH3 is 1. The van der Waals surface area contributed by atoms with Crippen LogP contribution in [0.15, 0.2) is 42.5 Å². The summed E-state index contributed by atoms with van der Waals surface area (Å²) in [6.45, 7) is 1.29. The van der Waals surface area contributed by atoms with Crippen molar-refractivity contribution in [1.29, 1.82) is 0 Å². The Hall–Kier alpha value is -1.03. The zero-order chi connectivity index (χ0) is 13.8. The van der Waals surface area contributed by atoms with Crippen LogP contribution in [0.5, 0.6) is 0 Å². The molecule has 1 heterocycles. The Bertz CT molecular complexity index is 571. The molecular formula is C17H20O2S. The molecule has 1 unspecified atom stereocenters. The first-order valence-electron chi connectivity index (χ1n) is 7.11. The summed E-state index contributed by atoms with van der Waals surface area (Å²) in [6.07, 6.45) is 2.29. The van der Waals surface area contributed by atoms with Gasteiger partial charge in [-0.25, -0.2) is 0 Å². The topological polar surface area (TPSA) is 18.5 Å². The van der Waals surface area contributed by atoms with Crippen molar-refractivity contribution in [2.45, 2.75) is 17.8 Å². The maximum atomic E-state index is 6.26. The lowest BCUT2D eigenvalue weighted by Gasteiger charge is -2.30. The first-order chi connectivity index (χ1) is 9.86. The minimum Gasteiger partial charge on any atom is -0.382 e. The molecule has 20 heavy (non-hydrogen) atoms. The maximum absolute atomic E-state index is 6.26. The third-order valence-corrected chi connectivity index (χ3v) is 5.31. The number of fused-ring (bicyclic) bond motifs is 1. The summed E-state index contributed by atoms with van der Waals surface area (Å²) in [4.78, 5) is -0.195. The summed E-state index contributed by atoms with van der Waals surface area (Å²) in [7, 11) is 1.72. The van der Waals surface area contributed by atoms with Crippen LogP contribution in [0.3, 0.4) is 0 Å². The predicted octanol–water partition coefficient (Wildman–Crippen LogP) is 4.18. The molecule has 0 aromatic heterocycles. The Kier molecular flexibility index (Phi) is 4.29. The van der Waals surface area contributed by atoms with E-state index in [1.165, 1.54) is 22.8 Å². The second-order valence-electron chi connectivity index (χ2n) is 5.07. The van der Waals surface area contributed by atoms with Crippen molar-refractivity contribution in [1.82, 2.24) is 0 Å². The van der Waals surface area contributed by atoms with Gasteiger partial charge in [0.15, 0.2) is 0 Å². The summed E-state index contributed by atoms with van der Waals surface area (Å²) >= 11 is 1.93. The second-order valence-corrected chi connectivity index (χ2v) is 6.43. The van der Waals surface area contributed by atoms with Crippen molar-refractivity contribution in [3.63, 3.8) is 0 Å². The lowest BCUT2D eigenvalue weighted by Crippen LogP contribution is -2.25. The molecule has 0 saturated carbocycles. The average molecular weight is 288 g/mol. The zero-order valence-electron chi connectivity index (χ0n) is 11.8. The molecule has 0 spiro atoms. The molecular weight excluding hydrogens is 268 g/mol. The van der Waals surface area contributed by atoms with Gasteiger partial charge in [0, 0.05) is 12.7 Å². The Morgan fingerprint density at radius 1 is 1.10 bits per heavy atom. The van der Waals surface area contributed by atoms with Crippen LogP contribution in [-0.4, -0.2) is 26.1 Å². The maximum Gasteiger partial charge on any atom is 0.139 e. The van der Waals surface area contributed by atoms with E-state index in [9.17, 15) is 0 Å². The van der Waals surface area contributed by atoms with Crippen LogP contribution >= 0.6 is 11.8 Å². The van der Waals surface area contributed by atoms with Gasteiger partial charge in [-0.1, -0.05) is 42.5 Å². The fourth-order valence-corrected chi connectivity index (χ4v) is 4.27. The molecule has 2 nitrogen and oxygen atoms in total. The average Bonchev–Trinajstić information content (AvgIpc) is 2.97. The van der Waals surface area contributed by atoms with Gasteiger partial charge in [-0.3, -0.25) is 0 Å². The molecule has 3 heteroatoms. The Morgan fingerprint density at radius 3 is 2.75 bits per heavy atom. The number of hydrogen-bond donors (Lipinski definition) is 0. The predicted molar refractivity (Wildman–Crippen MR) is 85.1 cm³/mol. The highest BCUT2D eigenvalue weighted by Crippen LogP contribution is 2.49. The fourth-order valence-electron chi connectivity index (χ4n) is 2.87. The Morgan fingerprint density at radius 2 is 1.95 bits per heavy atom.